The van der Waals surface area contributed by atoms with E-state index < -0.39 is 0 Å². The SMILES string of the molecule is CCC(C)(C)NC1=N[C@@H](C(C)C)CS1. The Morgan fingerprint density at radius 3 is 2.64 bits per heavy atom. The van der Waals surface area contributed by atoms with Crippen LogP contribution < -0.4 is 5.32 Å². The molecule has 1 aliphatic heterocycles. The topological polar surface area (TPSA) is 24.4 Å². The maximum atomic E-state index is 4.69. The van der Waals surface area contributed by atoms with E-state index in [2.05, 4.69) is 44.9 Å². The second kappa shape index (κ2) is 4.56. The van der Waals surface area contributed by atoms with Gasteiger partial charge in [0, 0.05) is 11.3 Å². The average molecular weight is 214 g/mol. The Morgan fingerprint density at radius 2 is 2.21 bits per heavy atom. The molecule has 1 N–H and O–H groups in total. The van der Waals surface area contributed by atoms with Crippen molar-refractivity contribution in [2.75, 3.05) is 5.75 Å². The average Bonchev–Trinajstić information content (AvgIpc) is 2.52. The first kappa shape index (κ1) is 11.9. The summed E-state index contributed by atoms with van der Waals surface area (Å²) in [7, 11) is 0. The fourth-order valence-corrected chi connectivity index (χ4v) is 2.52. The van der Waals surface area contributed by atoms with E-state index in [-0.39, 0.29) is 5.54 Å². The summed E-state index contributed by atoms with van der Waals surface area (Å²) in [5.74, 6) is 1.80. The van der Waals surface area contributed by atoms with E-state index in [1.807, 2.05) is 11.8 Å². The van der Waals surface area contributed by atoms with Crippen LogP contribution in [0.3, 0.4) is 0 Å². The Kier molecular flexibility index (Phi) is 3.87. The van der Waals surface area contributed by atoms with Crippen molar-refractivity contribution in [3.05, 3.63) is 0 Å². The van der Waals surface area contributed by atoms with Gasteiger partial charge >= 0.3 is 0 Å². The Labute approximate surface area is 92.0 Å². The summed E-state index contributed by atoms with van der Waals surface area (Å²) in [4.78, 5) is 4.69. The zero-order valence-electron chi connectivity index (χ0n) is 9.92. The molecule has 82 valence electrons. The number of aliphatic imine (C=N–C) groups is 1. The summed E-state index contributed by atoms with van der Waals surface area (Å²) in [5, 5.41) is 4.64. The van der Waals surface area contributed by atoms with Crippen molar-refractivity contribution in [2.24, 2.45) is 10.9 Å². The predicted molar refractivity (Wildman–Crippen MR) is 66.0 cm³/mol. The standard InChI is InChI=1S/C11H22N2S/c1-6-11(4,5)13-10-12-9(7-14-10)8(2)3/h8-9H,6-7H2,1-5H3,(H,12,13)/t9-/m1/s1. The molecule has 0 aromatic rings. The van der Waals surface area contributed by atoms with E-state index >= 15 is 0 Å². The van der Waals surface area contributed by atoms with Crippen LogP contribution in [0.4, 0.5) is 0 Å². The summed E-state index contributed by atoms with van der Waals surface area (Å²) in [6, 6.07) is 0.509. The van der Waals surface area contributed by atoms with Crippen LogP contribution in [-0.2, 0) is 0 Å². The minimum absolute atomic E-state index is 0.178. The monoisotopic (exact) mass is 214 g/mol. The van der Waals surface area contributed by atoms with Crippen molar-refractivity contribution < 1.29 is 0 Å². The van der Waals surface area contributed by atoms with Gasteiger partial charge in [-0.25, -0.2) is 0 Å². The second-order valence-corrected chi connectivity index (χ2v) is 5.93. The molecule has 0 fully saturated rings. The number of thioether (sulfide) groups is 1. The normalized spacial score (nSPS) is 22.7. The lowest BCUT2D eigenvalue weighted by Crippen LogP contribution is -2.41. The first-order valence-corrected chi connectivity index (χ1v) is 6.42. The molecule has 0 spiro atoms. The molecule has 1 rings (SSSR count). The largest absolute Gasteiger partial charge is 0.360 e. The molecule has 1 atom stereocenters. The maximum Gasteiger partial charge on any atom is 0.157 e. The molecule has 14 heavy (non-hydrogen) atoms. The molecule has 0 unspecified atom stereocenters. The Morgan fingerprint density at radius 1 is 1.57 bits per heavy atom. The van der Waals surface area contributed by atoms with Crippen LogP contribution in [0.1, 0.15) is 41.0 Å². The quantitative estimate of drug-likeness (QED) is 0.781. The zero-order valence-corrected chi connectivity index (χ0v) is 10.7. The van der Waals surface area contributed by atoms with Crippen molar-refractivity contribution in [2.45, 2.75) is 52.6 Å². The third-order valence-corrected chi connectivity index (χ3v) is 3.76. The Balaban J connectivity index is 2.52. The molecule has 0 saturated carbocycles. The van der Waals surface area contributed by atoms with Gasteiger partial charge in [-0.2, -0.15) is 0 Å². The highest BCUT2D eigenvalue weighted by atomic mass is 32.2. The summed E-state index contributed by atoms with van der Waals surface area (Å²) in [6.45, 7) is 11.1. The number of rotatable bonds is 3. The van der Waals surface area contributed by atoms with Crippen LogP contribution in [0.2, 0.25) is 0 Å². The van der Waals surface area contributed by atoms with Gasteiger partial charge in [-0.1, -0.05) is 32.5 Å². The highest BCUT2D eigenvalue weighted by Crippen LogP contribution is 2.23. The van der Waals surface area contributed by atoms with E-state index in [0.717, 1.165) is 17.3 Å². The predicted octanol–water partition coefficient (Wildman–Crippen LogP) is 2.89. The molecule has 1 aliphatic rings. The molecule has 0 saturated heterocycles. The van der Waals surface area contributed by atoms with Crippen LogP contribution in [0.25, 0.3) is 0 Å². The number of amidine groups is 1. The smallest absolute Gasteiger partial charge is 0.157 e. The van der Waals surface area contributed by atoms with Crippen LogP contribution in [0.15, 0.2) is 4.99 Å². The van der Waals surface area contributed by atoms with Gasteiger partial charge in [-0.3, -0.25) is 4.99 Å². The van der Waals surface area contributed by atoms with Gasteiger partial charge in [0.05, 0.1) is 6.04 Å². The van der Waals surface area contributed by atoms with Gasteiger partial charge in [-0.05, 0) is 26.2 Å². The minimum Gasteiger partial charge on any atom is -0.360 e. The third kappa shape index (κ3) is 3.19. The van der Waals surface area contributed by atoms with Crippen LogP contribution >= 0.6 is 11.8 Å². The molecule has 3 heteroatoms. The molecule has 2 nitrogen and oxygen atoms in total. The van der Waals surface area contributed by atoms with Crippen LogP contribution in [0, 0.1) is 5.92 Å². The van der Waals surface area contributed by atoms with Gasteiger partial charge in [-0.15, -0.1) is 0 Å². The number of hydrogen-bond donors (Lipinski definition) is 1. The summed E-state index contributed by atoms with van der Waals surface area (Å²) in [5.41, 5.74) is 0.178. The van der Waals surface area contributed by atoms with E-state index in [9.17, 15) is 0 Å². The third-order valence-electron chi connectivity index (χ3n) is 2.77. The molecule has 0 aromatic heterocycles. The molecule has 0 bridgehead atoms. The van der Waals surface area contributed by atoms with E-state index in [4.69, 9.17) is 0 Å². The van der Waals surface area contributed by atoms with Crippen molar-refractivity contribution >= 4 is 16.9 Å². The lowest BCUT2D eigenvalue weighted by atomic mass is 10.0. The minimum atomic E-state index is 0.178. The van der Waals surface area contributed by atoms with Gasteiger partial charge in [0.25, 0.3) is 0 Å². The lowest BCUT2D eigenvalue weighted by molar-refractivity contribution is 0.446. The van der Waals surface area contributed by atoms with E-state index in [0.29, 0.717) is 12.0 Å². The van der Waals surface area contributed by atoms with Crippen molar-refractivity contribution in [1.29, 1.82) is 0 Å². The van der Waals surface area contributed by atoms with Gasteiger partial charge in [0.1, 0.15) is 0 Å². The fourth-order valence-electron chi connectivity index (χ4n) is 1.18. The second-order valence-electron chi connectivity index (χ2n) is 4.92. The fraction of sp³-hybridized carbons (Fsp3) is 0.909. The van der Waals surface area contributed by atoms with Crippen molar-refractivity contribution in [3.8, 4) is 0 Å². The Hall–Kier alpha value is -0.180. The highest BCUT2D eigenvalue weighted by Gasteiger charge is 2.24. The molecule has 0 aromatic carbocycles. The lowest BCUT2D eigenvalue weighted by Gasteiger charge is -2.25. The first-order valence-electron chi connectivity index (χ1n) is 5.43. The van der Waals surface area contributed by atoms with Crippen LogP contribution in [0.5, 0.6) is 0 Å². The molecule has 0 aliphatic carbocycles. The molecule has 0 amide bonds. The maximum absolute atomic E-state index is 4.69. The van der Waals surface area contributed by atoms with Crippen molar-refractivity contribution in [3.63, 3.8) is 0 Å². The number of hydrogen-bond acceptors (Lipinski definition) is 3. The molecular formula is C11H22N2S. The van der Waals surface area contributed by atoms with Gasteiger partial charge in [0.15, 0.2) is 5.17 Å². The van der Waals surface area contributed by atoms with Crippen LogP contribution in [-0.4, -0.2) is 22.5 Å². The zero-order chi connectivity index (χ0) is 10.8. The summed E-state index contributed by atoms with van der Waals surface area (Å²) in [6.07, 6.45) is 1.12. The van der Waals surface area contributed by atoms with Gasteiger partial charge in [0.2, 0.25) is 0 Å². The number of nitrogens with zero attached hydrogens (tertiary/aromatic N) is 1. The van der Waals surface area contributed by atoms with E-state index in [1.165, 1.54) is 0 Å². The molecule has 1 heterocycles. The van der Waals surface area contributed by atoms with Crippen molar-refractivity contribution in [1.82, 2.24) is 5.32 Å². The molecule has 0 radical (unpaired) electrons. The van der Waals surface area contributed by atoms with E-state index in [1.54, 1.807) is 0 Å². The summed E-state index contributed by atoms with van der Waals surface area (Å²) < 4.78 is 0. The first-order chi connectivity index (χ1) is 6.44. The summed E-state index contributed by atoms with van der Waals surface area (Å²) >= 11 is 1.86. The number of nitrogens with one attached hydrogen (secondary N) is 1. The highest BCUT2D eigenvalue weighted by molar-refractivity contribution is 8.14. The molecular weight excluding hydrogens is 192 g/mol. The Bertz CT molecular complexity index is 221. The van der Waals surface area contributed by atoms with Gasteiger partial charge < -0.3 is 5.32 Å².